The second-order valence-corrected chi connectivity index (χ2v) is 4.03. The Morgan fingerprint density at radius 1 is 1.41 bits per heavy atom. The van der Waals surface area contributed by atoms with Gasteiger partial charge in [-0.25, -0.2) is 9.97 Å². The van der Waals surface area contributed by atoms with Crippen LogP contribution in [0.2, 0.25) is 0 Å². The fourth-order valence-corrected chi connectivity index (χ4v) is 1.56. The van der Waals surface area contributed by atoms with Crippen LogP contribution in [0.3, 0.4) is 0 Å². The Labute approximate surface area is 101 Å². The zero-order chi connectivity index (χ0) is 12.3. The molecule has 2 aromatic rings. The van der Waals surface area contributed by atoms with Crippen LogP contribution in [0, 0.1) is 6.92 Å². The van der Waals surface area contributed by atoms with E-state index in [1.165, 1.54) is 0 Å². The molecule has 90 valence electrons. The summed E-state index contributed by atoms with van der Waals surface area (Å²) in [5, 5.41) is 7.54. The number of aryl methyl sites for hydroxylation is 2. The van der Waals surface area contributed by atoms with Crippen molar-refractivity contribution in [2.24, 2.45) is 7.05 Å². The molecule has 0 saturated heterocycles. The van der Waals surface area contributed by atoms with Crippen molar-refractivity contribution >= 4 is 5.95 Å². The molecular formula is C12H17N5. The Kier molecular flexibility index (Phi) is 3.37. The Hall–Kier alpha value is -1.91. The first-order chi connectivity index (χ1) is 8.20. The molecular weight excluding hydrogens is 214 g/mol. The molecule has 5 heteroatoms. The summed E-state index contributed by atoms with van der Waals surface area (Å²) in [4.78, 5) is 8.75. The van der Waals surface area contributed by atoms with Crippen molar-refractivity contribution in [3.05, 3.63) is 24.0 Å². The first-order valence-electron chi connectivity index (χ1n) is 5.78. The molecule has 0 aliphatic heterocycles. The van der Waals surface area contributed by atoms with Gasteiger partial charge in [0.05, 0.1) is 5.69 Å². The Morgan fingerprint density at radius 3 is 2.88 bits per heavy atom. The number of aromatic nitrogens is 4. The minimum absolute atomic E-state index is 0.665. The van der Waals surface area contributed by atoms with Crippen LogP contribution in [0.1, 0.15) is 18.9 Å². The van der Waals surface area contributed by atoms with Gasteiger partial charge in [0, 0.05) is 26.0 Å². The lowest BCUT2D eigenvalue weighted by Crippen LogP contribution is -2.05. The summed E-state index contributed by atoms with van der Waals surface area (Å²) in [6.45, 7) is 4.99. The normalized spacial score (nSPS) is 10.5. The highest BCUT2D eigenvalue weighted by molar-refractivity contribution is 5.59. The van der Waals surface area contributed by atoms with Crippen molar-refractivity contribution in [2.75, 3.05) is 11.9 Å². The van der Waals surface area contributed by atoms with Gasteiger partial charge in [0.2, 0.25) is 5.95 Å². The number of hydrogen-bond donors (Lipinski definition) is 1. The molecule has 1 N–H and O–H groups in total. The molecule has 0 unspecified atom stereocenters. The first kappa shape index (κ1) is 11.6. The van der Waals surface area contributed by atoms with Crippen molar-refractivity contribution in [1.29, 1.82) is 0 Å². The molecule has 0 bridgehead atoms. The van der Waals surface area contributed by atoms with Gasteiger partial charge in [-0.15, -0.1) is 0 Å². The highest BCUT2D eigenvalue weighted by Gasteiger charge is 2.08. The number of rotatable bonds is 4. The molecule has 0 fully saturated rings. The van der Waals surface area contributed by atoms with Gasteiger partial charge in [-0.05, 0) is 25.0 Å². The third-order valence-electron chi connectivity index (χ3n) is 2.46. The summed E-state index contributed by atoms with van der Waals surface area (Å²) in [5.41, 5.74) is 2.80. The largest absolute Gasteiger partial charge is 0.354 e. The monoisotopic (exact) mass is 231 g/mol. The van der Waals surface area contributed by atoms with Crippen molar-refractivity contribution in [1.82, 2.24) is 19.7 Å². The standard InChI is InChI=1S/C12H17N5/c1-4-6-13-12-14-8-9(2)11(15-12)10-5-7-17(3)16-10/h5,7-8H,4,6H2,1-3H3,(H,13,14,15). The van der Waals surface area contributed by atoms with Crippen molar-refractivity contribution in [3.8, 4) is 11.4 Å². The van der Waals surface area contributed by atoms with Crippen LogP contribution in [-0.2, 0) is 7.05 Å². The maximum Gasteiger partial charge on any atom is 0.223 e. The predicted octanol–water partition coefficient (Wildman–Crippen LogP) is 2.01. The van der Waals surface area contributed by atoms with Crippen LogP contribution < -0.4 is 5.32 Å². The molecule has 2 aromatic heterocycles. The van der Waals surface area contributed by atoms with E-state index in [4.69, 9.17) is 0 Å². The zero-order valence-electron chi connectivity index (χ0n) is 10.4. The van der Waals surface area contributed by atoms with Gasteiger partial charge in [-0.2, -0.15) is 5.10 Å². The van der Waals surface area contributed by atoms with Crippen molar-refractivity contribution < 1.29 is 0 Å². The van der Waals surface area contributed by atoms with E-state index in [0.29, 0.717) is 5.95 Å². The van der Waals surface area contributed by atoms with Crippen LogP contribution in [0.25, 0.3) is 11.4 Å². The van der Waals surface area contributed by atoms with Gasteiger partial charge in [0.25, 0.3) is 0 Å². The lowest BCUT2D eigenvalue weighted by molar-refractivity contribution is 0.769. The molecule has 0 spiro atoms. The topological polar surface area (TPSA) is 55.6 Å². The number of nitrogens with zero attached hydrogens (tertiary/aromatic N) is 4. The summed E-state index contributed by atoms with van der Waals surface area (Å²) in [6.07, 6.45) is 4.79. The molecule has 0 radical (unpaired) electrons. The maximum absolute atomic E-state index is 4.50. The van der Waals surface area contributed by atoms with Crippen LogP contribution in [0.4, 0.5) is 5.95 Å². The molecule has 0 aliphatic rings. The van der Waals surface area contributed by atoms with Gasteiger partial charge in [0.1, 0.15) is 5.69 Å². The maximum atomic E-state index is 4.50. The Balaban J connectivity index is 2.32. The molecule has 17 heavy (non-hydrogen) atoms. The van der Waals surface area contributed by atoms with Gasteiger partial charge >= 0.3 is 0 Å². The van der Waals surface area contributed by atoms with Crippen LogP contribution >= 0.6 is 0 Å². The summed E-state index contributed by atoms with van der Waals surface area (Å²) >= 11 is 0. The highest BCUT2D eigenvalue weighted by Crippen LogP contribution is 2.19. The fraction of sp³-hybridized carbons (Fsp3) is 0.417. The summed E-state index contributed by atoms with van der Waals surface area (Å²) < 4.78 is 1.77. The lowest BCUT2D eigenvalue weighted by atomic mass is 10.2. The predicted molar refractivity (Wildman–Crippen MR) is 67.8 cm³/mol. The van der Waals surface area contributed by atoms with E-state index < -0.39 is 0 Å². The number of nitrogens with one attached hydrogen (secondary N) is 1. The molecule has 2 rings (SSSR count). The SMILES string of the molecule is CCCNc1ncc(C)c(-c2ccn(C)n2)n1. The van der Waals surface area contributed by atoms with Crippen LogP contribution in [0.15, 0.2) is 18.5 Å². The molecule has 0 aliphatic carbocycles. The average Bonchev–Trinajstić information content (AvgIpc) is 2.75. The Bertz CT molecular complexity index is 503. The van der Waals surface area contributed by atoms with Crippen molar-refractivity contribution in [3.63, 3.8) is 0 Å². The zero-order valence-corrected chi connectivity index (χ0v) is 10.4. The quantitative estimate of drug-likeness (QED) is 0.874. The van der Waals surface area contributed by atoms with Crippen LogP contribution in [-0.4, -0.2) is 26.3 Å². The first-order valence-corrected chi connectivity index (χ1v) is 5.78. The molecule has 0 aromatic carbocycles. The van der Waals surface area contributed by atoms with E-state index in [9.17, 15) is 0 Å². The Morgan fingerprint density at radius 2 is 2.24 bits per heavy atom. The molecule has 0 saturated carbocycles. The summed E-state index contributed by atoms with van der Waals surface area (Å²) in [7, 11) is 1.90. The average molecular weight is 231 g/mol. The van der Waals surface area contributed by atoms with Crippen LogP contribution in [0.5, 0.6) is 0 Å². The van der Waals surface area contributed by atoms with Gasteiger partial charge in [-0.1, -0.05) is 6.92 Å². The van der Waals surface area contributed by atoms with E-state index in [1.807, 2.05) is 32.4 Å². The molecule has 5 nitrogen and oxygen atoms in total. The second-order valence-electron chi connectivity index (χ2n) is 4.03. The van der Waals surface area contributed by atoms with E-state index in [-0.39, 0.29) is 0 Å². The lowest BCUT2D eigenvalue weighted by Gasteiger charge is -2.06. The van der Waals surface area contributed by atoms with E-state index in [0.717, 1.165) is 29.9 Å². The van der Waals surface area contributed by atoms with E-state index >= 15 is 0 Å². The summed E-state index contributed by atoms with van der Waals surface area (Å²) in [6, 6.07) is 1.96. The van der Waals surface area contributed by atoms with Gasteiger partial charge in [-0.3, -0.25) is 4.68 Å². The summed E-state index contributed by atoms with van der Waals surface area (Å²) in [5.74, 6) is 0.665. The van der Waals surface area contributed by atoms with E-state index in [1.54, 1.807) is 4.68 Å². The smallest absolute Gasteiger partial charge is 0.223 e. The van der Waals surface area contributed by atoms with Gasteiger partial charge in [0.15, 0.2) is 0 Å². The highest BCUT2D eigenvalue weighted by atomic mass is 15.3. The minimum Gasteiger partial charge on any atom is -0.354 e. The fourth-order valence-electron chi connectivity index (χ4n) is 1.56. The number of anilines is 1. The molecule has 2 heterocycles. The van der Waals surface area contributed by atoms with Crippen molar-refractivity contribution in [2.45, 2.75) is 20.3 Å². The third kappa shape index (κ3) is 2.61. The molecule has 0 amide bonds. The minimum atomic E-state index is 0.665. The second kappa shape index (κ2) is 4.95. The van der Waals surface area contributed by atoms with E-state index in [2.05, 4.69) is 27.3 Å². The third-order valence-corrected chi connectivity index (χ3v) is 2.46. The molecule has 0 atom stereocenters. The number of hydrogen-bond acceptors (Lipinski definition) is 4. The van der Waals surface area contributed by atoms with Gasteiger partial charge < -0.3 is 5.32 Å².